The summed E-state index contributed by atoms with van der Waals surface area (Å²) in [6.45, 7) is 6.21. The molecule has 3 heteroatoms. The van der Waals surface area contributed by atoms with Crippen LogP contribution in [0.4, 0.5) is 0 Å². The molecule has 1 unspecified atom stereocenters. The average molecular weight is 242 g/mol. The first kappa shape index (κ1) is 13.3. The third kappa shape index (κ3) is 2.69. The van der Waals surface area contributed by atoms with Gasteiger partial charge in [0.1, 0.15) is 5.75 Å². The molecular formula is C13H20ClNO. The van der Waals surface area contributed by atoms with Crippen molar-refractivity contribution in [2.24, 2.45) is 5.73 Å². The summed E-state index contributed by atoms with van der Waals surface area (Å²) in [4.78, 5) is 0. The van der Waals surface area contributed by atoms with Gasteiger partial charge in [0.05, 0.1) is 12.1 Å². The largest absolute Gasteiger partial charge is 0.495 e. The lowest BCUT2D eigenvalue weighted by Gasteiger charge is -2.16. The Hall–Kier alpha value is -0.730. The molecule has 0 aliphatic rings. The third-order valence-corrected chi connectivity index (χ3v) is 3.39. The second kappa shape index (κ2) is 5.55. The van der Waals surface area contributed by atoms with Gasteiger partial charge < -0.3 is 10.5 Å². The van der Waals surface area contributed by atoms with Gasteiger partial charge in [-0.1, -0.05) is 18.5 Å². The predicted octanol–water partition coefficient (Wildman–Crippen LogP) is 3.25. The van der Waals surface area contributed by atoms with Crippen LogP contribution in [-0.2, 0) is 6.42 Å². The molecule has 0 heterocycles. The Kier molecular flexibility index (Phi) is 4.63. The average Bonchev–Trinajstić information content (AvgIpc) is 2.26. The SMILES string of the molecule is CCC(N)Cc1cc(Cl)c(OC)c(C)c1C. The lowest BCUT2D eigenvalue weighted by Crippen LogP contribution is -2.22. The van der Waals surface area contributed by atoms with Gasteiger partial charge in [-0.05, 0) is 49.4 Å². The molecule has 1 atom stereocenters. The fourth-order valence-corrected chi connectivity index (χ4v) is 2.16. The Morgan fingerprint density at radius 1 is 1.38 bits per heavy atom. The van der Waals surface area contributed by atoms with E-state index in [1.165, 1.54) is 11.1 Å². The summed E-state index contributed by atoms with van der Waals surface area (Å²) in [7, 11) is 1.64. The van der Waals surface area contributed by atoms with Crippen molar-refractivity contribution in [3.8, 4) is 5.75 Å². The quantitative estimate of drug-likeness (QED) is 0.878. The van der Waals surface area contributed by atoms with E-state index in [1.54, 1.807) is 7.11 Å². The summed E-state index contributed by atoms with van der Waals surface area (Å²) in [5.41, 5.74) is 9.52. The highest BCUT2D eigenvalue weighted by atomic mass is 35.5. The molecule has 0 radical (unpaired) electrons. The second-order valence-electron chi connectivity index (χ2n) is 4.17. The topological polar surface area (TPSA) is 35.2 Å². The number of hydrogen-bond donors (Lipinski definition) is 1. The van der Waals surface area contributed by atoms with Crippen LogP contribution in [0.2, 0.25) is 5.02 Å². The summed E-state index contributed by atoms with van der Waals surface area (Å²) in [6.07, 6.45) is 1.84. The molecule has 2 N–H and O–H groups in total. The molecule has 1 rings (SSSR count). The Labute approximate surface area is 103 Å². The number of methoxy groups -OCH3 is 1. The summed E-state index contributed by atoms with van der Waals surface area (Å²) in [5, 5.41) is 0.670. The van der Waals surface area contributed by atoms with Crippen molar-refractivity contribution in [1.29, 1.82) is 0 Å². The summed E-state index contributed by atoms with van der Waals surface area (Å²) in [5.74, 6) is 0.771. The van der Waals surface area contributed by atoms with Crippen LogP contribution in [0.1, 0.15) is 30.0 Å². The number of benzene rings is 1. The van der Waals surface area contributed by atoms with Gasteiger partial charge in [-0.3, -0.25) is 0 Å². The van der Waals surface area contributed by atoms with Crippen molar-refractivity contribution < 1.29 is 4.74 Å². The summed E-state index contributed by atoms with van der Waals surface area (Å²) in [6, 6.07) is 2.17. The molecule has 90 valence electrons. The van der Waals surface area contributed by atoms with Gasteiger partial charge in [0.15, 0.2) is 0 Å². The first-order valence-corrected chi connectivity index (χ1v) is 5.97. The van der Waals surface area contributed by atoms with Crippen LogP contribution < -0.4 is 10.5 Å². The first-order chi connectivity index (χ1) is 7.51. The van der Waals surface area contributed by atoms with Crippen molar-refractivity contribution in [3.63, 3.8) is 0 Å². The fraction of sp³-hybridized carbons (Fsp3) is 0.538. The molecule has 0 aliphatic heterocycles. The van der Waals surface area contributed by atoms with E-state index in [1.807, 2.05) is 13.0 Å². The maximum atomic E-state index is 6.17. The van der Waals surface area contributed by atoms with Gasteiger partial charge >= 0.3 is 0 Å². The molecule has 0 saturated carbocycles. The van der Waals surface area contributed by atoms with Gasteiger partial charge in [0.25, 0.3) is 0 Å². The zero-order valence-corrected chi connectivity index (χ0v) is 11.2. The minimum Gasteiger partial charge on any atom is -0.495 e. The van der Waals surface area contributed by atoms with Crippen LogP contribution in [0, 0.1) is 13.8 Å². The third-order valence-electron chi connectivity index (χ3n) is 3.11. The zero-order chi connectivity index (χ0) is 12.3. The van der Waals surface area contributed by atoms with E-state index in [0.29, 0.717) is 5.02 Å². The Morgan fingerprint density at radius 2 is 2.00 bits per heavy atom. The minimum absolute atomic E-state index is 0.197. The van der Waals surface area contributed by atoms with E-state index in [4.69, 9.17) is 22.1 Å². The van der Waals surface area contributed by atoms with Gasteiger partial charge in [-0.2, -0.15) is 0 Å². The number of nitrogens with two attached hydrogens (primary N) is 1. The van der Waals surface area contributed by atoms with Crippen molar-refractivity contribution in [2.45, 2.75) is 39.7 Å². The van der Waals surface area contributed by atoms with Crippen molar-refractivity contribution >= 4 is 11.6 Å². The summed E-state index contributed by atoms with van der Waals surface area (Å²) < 4.78 is 5.28. The van der Waals surface area contributed by atoms with Gasteiger partial charge in [0, 0.05) is 6.04 Å². The monoisotopic (exact) mass is 241 g/mol. The molecule has 16 heavy (non-hydrogen) atoms. The molecule has 0 fully saturated rings. The van der Waals surface area contributed by atoms with Crippen molar-refractivity contribution in [2.75, 3.05) is 7.11 Å². The second-order valence-corrected chi connectivity index (χ2v) is 4.58. The van der Waals surface area contributed by atoms with Crippen LogP contribution in [-0.4, -0.2) is 13.2 Å². The van der Waals surface area contributed by atoms with Crippen molar-refractivity contribution in [3.05, 3.63) is 27.8 Å². The van der Waals surface area contributed by atoms with Crippen LogP contribution in [0.15, 0.2) is 6.07 Å². The van der Waals surface area contributed by atoms with E-state index in [2.05, 4.69) is 13.8 Å². The van der Waals surface area contributed by atoms with Crippen LogP contribution in [0.3, 0.4) is 0 Å². The maximum absolute atomic E-state index is 6.17. The molecule has 0 aromatic heterocycles. The van der Waals surface area contributed by atoms with Crippen LogP contribution in [0.25, 0.3) is 0 Å². The van der Waals surface area contributed by atoms with E-state index in [-0.39, 0.29) is 6.04 Å². The van der Waals surface area contributed by atoms with E-state index in [0.717, 1.165) is 24.2 Å². The van der Waals surface area contributed by atoms with Crippen molar-refractivity contribution in [1.82, 2.24) is 0 Å². The number of hydrogen-bond acceptors (Lipinski definition) is 2. The molecule has 0 saturated heterocycles. The Bertz CT molecular complexity index is 377. The number of rotatable bonds is 4. The van der Waals surface area contributed by atoms with Crippen LogP contribution in [0.5, 0.6) is 5.75 Å². The highest BCUT2D eigenvalue weighted by Gasteiger charge is 2.13. The van der Waals surface area contributed by atoms with Gasteiger partial charge in [-0.25, -0.2) is 0 Å². The molecule has 0 bridgehead atoms. The Morgan fingerprint density at radius 3 is 2.50 bits per heavy atom. The predicted molar refractivity (Wildman–Crippen MR) is 69.4 cm³/mol. The lowest BCUT2D eigenvalue weighted by molar-refractivity contribution is 0.411. The smallest absolute Gasteiger partial charge is 0.140 e. The van der Waals surface area contributed by atoms with E-state index < -0.39 is 0 Å². The zero-order valence-electron chi connectivity index (χ0n) is 10.4. The van der Waals surface area contributed by atoms with E-state index >= 15 is 0 Å². The maximum Gasteiger partial charge on any atom is 0.140 e. The standard InChI is InChI=1S/C13H20ClNO/c1-5-11(15)6-10-7-12(14)13(16-4)9(3)8(10)2/h7,11H,5-6,15H2,1-4H3. The molecule has 0 amide bonds. The molecular weight excluding hydrogens is 222 g/mol. The minimum atomic E-state index is 0.197. The van der Waals surface area contributed by atoms with Gasteiger partial charge in [0.2, 0.25) is 0 Å². The highest BCUT2D eigenvalue weighted by Crippen LogP contribution is 2.33. The molecule has 2 nitrogen and oxygen atoms in total. The fourth-order valence-electron chi connectivity index (χ4n) is 1.81. The normalized spacial score (nSPS) is 12.6. The molecule has 0 spiro atoms. The molecule has 1 aromatic rings. The van der Waals surface area contributed by atoms with Crippen LogP contribution >= 0.6 is 11.6 Å². The highest BCUT2D eigenvalue weighted by molar-refractivity contribution is 6.32. The molecule has 1 aromatic carbocycles. The molecule has 0 aliphatic carbocycles. The van der Waals surface area contributed by atoms with E-state index in [9.17, 15) is 0 Å². The number of ether oxygens (including phenoxy) is 1. The lowest BCUT2D eigenvalue weighted by atomic mass is 9.96. The summed E-state index contributed by atoms with van der Waals surface area (Å²) >= 11 is 6.17. The first-order valence-electron chi connectivity index (χ1n) is 5.59. The Balaban J connectivity index is 3.13. The van der Waals surface area contributed by atoms with Gasteiger partial charge in [-0.15, -0.1) is 0 Å². The number of halogens is 1.